The van der Waals surface area contributed by atoms with Crippen molar-refractivity contribution in [1.29, 1.82) is 0 Å². The molecule has 5 rings (SSSR count). The van der Waals surface area contributed by atoms with Crippen LogP contribution in [0.25, 0.3) is 0 Å². The molecule has 3 saturated heterocycles. The van der Waals surface area contributed by atoms with E-state index in [-0.39, 0.29) is 23.2 Å². The minimum absolute atomic E-state index is 0.0256. The first kappa shape index (κ1) is 19.5. The lowest BCUT2D eigenvalue weighted by molar-refractivity contribution is -0.144. The summed E-state index contributed by atoms with van der Waals surface area (Å²) in [4.78, 5) is 30.4. The molecule has 3 atom stereocenters. The maximum absolute atomic E-state index is 13.4. The molecule has 3 heterocycles. The van der Waals surface area contributed by atoms with E-state index in [0.717, 1.165) is 29.7 Å². The van der Waals surface area contributed by atoms with Crippen LogP contribution in [0.1, 0.15) is 23.1 Å². The van der Waals surface area contributed by atoms with Gasteiger partial charge >= 0.3 is 6.03 Å². The fraction of sp³-hybridized carbons (Fsp3) is 0.391. The number of nitrogens with zero attached hydrogens (tertiary/aromatic N) is 3. The predicted octanol–water partition coefficient (Wildman–Crippen LogP) is 2.98. The molecule has 2 aromatic carbocycles. The van der Waals surface area contributed by atoms with E-state index in [9.17, 15) is 9.59 Å². The topological polar surface area (TPSA) is 55.9 Å². The molecule has 0 aromatic heterocycles. The van der Waals surface area contributed by atoms with Gasteiger partial charge < -0.3 is 4.90 Å². The summed E-state index contributed by atoms with van der Waals surface area (Å²) >= 11 is 1.69. The maximum atomic E-state index is 13.4. The highest BCUT2D eigenvalue weighted by molar-refractivity contribution is 8.00. The van der Waals surface area contributed by atoms with Crippen molar-refractivity contribution >= 4 is 23.7 Å². The summed E-state index contributed by atoms with van der Waals surface area (Å²) < 4.78 is 0. The fourth-order valence-electron chi connectivity index (χ4n) is 4.62. The SMILES string of the molecule is Cc1ccccc1CN1NC2N(CCc3ccccc3)C(=O)C3SCCC3N2C1=O. The van der Waals surface area contributed by atoms with Gasteiger partial charge in [0, 0.05) is 6.54 Å². The number of thioether (sulfide) groups is 1. The Morgan fingerprint density at radius 1 is 1.07 bits per heavy atom. The van der Waals surface area contributed by atoms with Crippen LogP contribution < -0.4 is 5.43 Å². The molecular formula is C23H26N4O2S. The lowest BCUT2D eigenvalue weighted by Gasteiger charge is -2.44. The summed E-state index contributed by atoms with van der Waals surface area (Å²) in [6.07, 6.45) is 1.24. The van der Waals surface area contributed by atoms with Crippen LogP contribution in [0.5, 0.6) is 0 Å². The third-order valence-corrected chi connectivity index (χ3v) is 7.65. The van der Waals surface area contributed by atoms with Crippen LogP contribution >= 0.6 is 11.8 Å². The van der Waals surface area contributed by atoms with Crippen molar-refractivity contribution in [3.8, 4) is 0 Å². The van der Waals surface area contributed by atoms with Crippen molar-refractivity contribution in [1.82, 2.24) is 20.2 Å². The van der Waals surface area contributed by atoms with E-state index in [0.29, 0.717) is 13.1 Å². The molecule has 0 spiro atoms. The summed E-state index contributed by atoms with van der Waals surface area (Å²) in [5.41, 5.74) is 6.81. The Kier molecular flexibility index (Phi) is 5.16. The van der Waals surface area contributed by atoms with Gasteiger partial charge in [-0.05, 0) is 42.2 Å². The van der Waals surface area contributed by atoms with Gasteiger partial charge in [0.05, 0.1) is 12.6 Å². The molecule has 3 fully saturated rings. The van der Waals surface area contributed by atoms with Crippen LogP contribution in [0.3, 0.4) is 0 Å². The van der Waals surface area contributed by atoms with E-state index in [1.54, 1.807) is 16.8 Å². The predicted molar refractivity (Wildman–Crippen MR) is 117 cm³/mol. The van der Waals surface area contributed by atoms with Crippen LogP contribution in [-0.4, -0.2) is 56.6 Å². The van der Waals surface area contributed by atoms with Gasteiger partial charge in [0.25, 0.3) is 0 Å². The second-order valence-corrected chi connectivity index (χ2v) is 9.37. The van der Waals surface area contributed by atoms with Gasteiger partial charge in [-0.3, -0.25) is 14.7 Å². The van der Waals surface area contributed by atoms with Gasteiger partial charge in [0.15, 0.2) is 6.29 Å². The zero-order valence-electron chi connectivity index (χ0n) is 17.0. The first-order valence-corrected chi connectivity index (χ1v) is 11.5. The van der Waals surface area contributed by atoms with Gasteiger partial charge in [-0.25, -0.2) is 4.79 Å². The molecule has 0 bridgehead atoms. The Labute approximate surface area is 181 Å². The van der Waals surface area contributed by atoms with Gasteiger partial charge in [0.1, 0.15) is 5.25 Å². The van der Waals surface area contributed by atoms with Gasteiger partial charge in [-0.2, -0.15) is 5.43 Å². The summed E-state index contributed by atoms with van der Waals surface area (Å²) in [6.45, 7) is 3.14. The average Bonchev–Trinajstić information content (AvgIpc) is 3.36. The number of amides is 3. The lowest BCUT2D eigenvalue weighted by Crippen LogP contribution is -2.66. The van der Waals surface area contributed by atoms with Gasteiger partial charge in [-0.1, -0.05) is 54.6 Å². The Morgan fingerprint density at radius 3 is 2.63 bits per heavy atom. The molecule has 2 aromatic rings. The molecule has 3 unspecified atom stereocenters. The highest BCUT2D eigenvalue weighted by atomic mass is 32.2. The van der Waals surface area contributed by atoms with Crippen molar-refractivity contribution in [3.05, 3.63) is 71.3 Å². The first-order chi connectivity index (χ1) is 14.6. The number of urea groups is 1. The number of benzene rings is 2. The third-order valence-electron chi connectivity index (χ3n) is 6.30. The zero-order chi connectivity index (χ0) is 20.7. The minimum Gasteiger partial charge on any atom is -0.307 e. The van der Waals surface area contributed by atoms with E-state index in [1.165, 1.54) is 5.56 Å². The number of carbonyl (C=O) groups excluding carboxylic acids is 2. The quantitative estimate of drug-likeness (QED) is 0.805. The van der Waals surface area contributed by atoms with Crippen molar-refractivity contribution < 1.29 is 9.59 Å². The highest BCUT2D eigenvalue weighted by Crippen LogP contribution is 2.39. The molecule has 3 amide bonds. The fourth-order valence-corrected chi connectivity index (χ4v) is 6.02. The standard InChI is InChI=1S/C23H26N4O2S/c1-16-7-5-6-10-18(16)15-26-23(29)27-19-12-14-30-20(19)21(28)25(22(27)24-26)13-11-17-8-3-2-4-9-17/h2-10,19-20,22,24H,11-15H2,1H3. The monoisotopic (exact) mass is 422 g/mol. The maximum Gasteiger partial charge on any atom is 0.337 e. The Morgan fingerprint density at radius 2 is 1.83 bits per heavy atom. The van der Waals surface area contributed by atoms with E-state index >= 15 is 0 Å². The number of hydrogen-bond donors (Lipinski definition) is 1. The van der Waals surface area contributed by atoms with Gasteiger partial charge in [0.2, 0.25) is 5.91 Å². The normalized spacial score (nSPS) is 25.6. The largest absolute Gasteiger partial charge is 0.337 e. The Hall–Kier alpha value is -2.51. The molecular weight excluding hydrogens is 396 g/mol. The van der Waals surface area contributed by atoms with Crippen LogP contribution in [0.15, 0.2) is 54.6 Å². The van der Waals surface area contributed by atoms with E-state index < -0.39 is 6.29 Å². The number of hydrazine groups is 1. The summed E-state index contributed by atoms with van der Waals surface area (Å²) in [6, 6.07) is 18.2. The minimum atomic E-state index is -0.405. The van der Waals surface area contributed by atoms with E-state index in [1.807, 2.05) is 46.2 Å². The zero-order valence-corrected chi connectivity index (χ0v) is 17.8. The number of aryl methyl sites for hydroxylation is 1. The molecule has 1 N–H and O–H groups in total. The number of rotatable bonds is 5. The molecule has 0 radical (unpaired) electrons. The number of nitrogens with one attached hydrogen (secondary N) is 1. The van der Waals surface area contributed by atoms with Crippen LogP contribution in [-0.2, 0) is 17.8 Å². The van der Waals surface area contributed by atoms with Crippen LogP contribution in [0.2, 0.25) is 0 Å². The first-order valence-electron chi connectivity index (χ1n) is 10.5. The molecule has 30 heavy (non-hydrogen) atoms. The Bertz CT molecular complexity index is 953. The van der Waals surface area contributed by atoms with Crippen molar-refractivity contribution in [3.63, 3.8) is 0 Å². The second-order valence-electron chi connectivity index (χ2n) is 8.12. The number of fused-ring (bicyclic) bond motifs is 3. The molecule has 3 aliphatic heterocycles. The number of carbonyl (C=O) groups is 2. The van der Waals surface area contributed by atoms with Crippen LogP contribution in [0, 0.1) is 6.92 Å². The Balaban J connectivity index is 1.39. The average molecular weight is 423 g/mol. The van der Waals surface area contributed by atoms with E-state index in [2.05, 4.69) is 30.5 Å². The molecule has 0 saturated carbocycles. The smallest absolute Gasteiger partial charge is 0.307 e. The molecule has 156 valence electrons. The van der Waals surface area contributed by atoms with Crippen LogP contribution in [0.4, 0.5) is 4.79 Å². The summed E-state index contributed by atoms with van der Waals surface area (Å²) in [5, 5.41) is 1.53. The molecule has 7 heteroatoms. The summed E-state index contributed by atoms with van der Waals surface area (Å²) in [5.74, 6) is 1.07. The molecule has 0 aliphatic carbocycles. The lowest BCUT2D eigenvalue weighted by atomic mass is 10.0. The molecule has 3 aliphatic rings. The van der Waals surface area contributed by atoms with Crippen molar-refractivity contribution in [2.45, 2.75) is 43.9 Å². The highest BCUT2D eigenvalue weighted by Gasteiger charge is 2.55. The second kappa shape index (κ2) is 7.96. The van der Waals surface area contributed by atoms with E-state index in [4.69, 9.17) is 0 Å². The van der Waals surface area contributed by atoms with Crippen molar-refractivity contribution in [2.24, 2.45) is 0 Å². The molecule has 6 nitrogen and oxygen atoms in total. The third kappa shape index (κ3) is 3.36. The van der Waals surface area contributed by atoms with Gasteiger partial charge in [-0.15, -0.1) is 11.8 Å². The van der Waals surface area contributed by atoms with Crippen molar-refractivity contribution in [2.75, 3.05) is 12.3 Å². The summed E-state index contributed by atoms with van der Waals surface area (Å²) in [7, 11) is 0. The number of hydrogen-bond acceptors (Lipinski definition) is 4.